The van der Waals surface area contributed by atoms with Crippen molar-refractivity contribution in [1.82, 2.24) is 4.98 Å². The normalized spacial score (nSPS) is 10.4. The Morgan fingerprint density at radius 1 is 1.21 bits per heavy atom. The summed E-state index contributed by atoms with van der Waals surface area (Å²) in [5, 5.41) is 3.18. The van der Waals surface area contributed by atoms with E-state index >= 15 is 0 Å². The van der Waals surface area contributed by atoms with Crippen molar-refractivity contribution < 1.29 is 13.9 Å². The number of para-hydroxylation sites is 2. The smallest absolute Gasteiger partial charge is 0.210 e. The zero-order valence-electron chi connectivity index (χ0n) is 12.7. The minimum atomic E-state index is -0.413. The number of hydrogen-bond donors (Lipinski definition) is 2. The average Bonchev–Trinajstić information content (AvgIpc) is 2.96. The van der Waals surface area contributed by atoms with Crippen LogP contribution in [-0.4, -0.2) is 17.9 Å². The summed E-state index contributed by atoms with van der Waals surface area (Å²) in [5.74, 6) is -0.151. The summed E-state index contributed by atoms with van der Waals surface area (Å²) in [6.45, 7) is 0. The fraction of sp³-hybridized carbons (Fsp3) is 0.0588. The number of nitrogen functional groups attached to an aromatic ring is 1. The van der Waals surface area contributed by atoms with Crippen LogP contribution in [0.4, 0.5) is 21.0 Å². The Balaban J connectivity index is 1.92. The van der Waals surface area contributed by atoms with Crippen molar-refractivity contribution in [3.8, 4) is 5.75 Å². The number of benzene rings is 2. The molecule has 2 aromatic carbocycles. The third kappa shape index (κ3) is 3.07. The molecule has 122 valence electrons. The fourth-order valence-electron chi connectivity index (χ4n) is 2.18. The van der Waals surface area contributed by atoms with E-state index in [4.69, 9.17) is 10.5 Å². The number of carbonyl (C=O) groups is 1. The summed E-state index contributed by atoms with van der Waals surface area (Å²) in [4.78, 5) is 17.1. The average molecular weight is 343 g/mol. The zero-order chi connectivity index (χ0) is 17.1. The topological polar surface area (TPSA) is 77.2 Å². The Bertz CT molecular complexity index is 895. The first kappa shape index (κ1) is 15.9. The van der Waals surface area contributed by atoms with Crippen molar-refractivity contribution in [2.75, 3.05) is 18.2 Å². The first-order valence-electron chi connectivity index (χ1n) is 7.05. The van der Waals surface area contributed by atoms with E-state index in [0.717, 1.165) is 11.3 Å². The van der Waals surface area contributed by atoms with E-state index in [1.54, 1.807) is 42.5 Å². The first-order valence-corrected chi connectivity index (χ1v) is 7.87. The molecule has 0 spiro atoms. The third-order valence-corrected chi connectivity index (χ3v) is 4.31. The quantitative estimate of drug-likeness (QED) is 0.688. The van der Waals surface area contributed by atoms with E-state index in [0.29, 0.717) is 16.4 Å². The summed E-state index contributed by atoms with van der Waals surface area (Å²) >= 11 is 1.07. The van der Waals surface area contributed by atoms with Crippen LogP contribution in [0.5, 0.6) is 5.75 Å². The highest BCUT2D eigenvalue weighted by atomic mass is 32.1. The molecule has 5 nitrogen and oxygen atoms in total. The second-order valence-corrected chi connectivity index (χ2v) is 5.87. The summed E-state index contributed by atoms with van der Waals surface area (Å²) in [6.07, 6.45) is 0. The maximum absolute atomic E-state index is 13.7. The zero-order valence-corrected chi connectivity index (χ0v) is 13.6. The lowest BCUT2D eigenvalue weighted by atomic mass is 10.1. The van der Waals surface area contributed by atoms with Crippen molar-refractivity contribution >= 4 is 33.8 Å². The van der Waals surface area contributed by atoms with Crippen molar-refractivity contribution in [3.63, 3.8) is 0 Å². The SMILES string of the molecule is COc1ccccc1C(=O)c1sc(Nc2ccccc2F)nc1N. The maximum Gasteiger partial charge on any atom is 0.210 e. The van der Waals surface area contributed by atoms with E-state index in [1.165, 1.54) is 13.2 Å². The molecular formula is C17H14FN3O2S. The van der Waals surface area contributed by atoms with Gasteiger partial charge >= 0.3 is 0 Å². The van der Waals surface area contributed by atoms with Gasteiger partial charge in [-0.25, -0.2) is 9.37 Å². The van der Waals surface area contributed by atoms with Gasteiger partial charge < -0.3 is 15.8 Å². The Kier molecular flexibility index (Phi) is 4.43. The van der Waals surface area contributed by atoms with Gasteiger partial charge in [0.25, 0.3) is 0 Å². The number of anilines is 3. The number of hydrogen-bond acceptors (Lipinski definition) is 6. The molecule has 1 heterocycles. The Hall–Kier alpha value is -2.93. The number of thiazole rings is 1. The monoisotopic (exact) mass is 343 g/mol. The summed E-state index contributed by atoms with van der Waals surface area (Å²) in [6, 6.07) is 13.1. The molecule has 24 heavy (non-hydrogen) atoms. The van der Waals surface area contributed by atoms with Gasteiger partial charge in [-0.3, -0.25) is 4.79 Å². The standard InChI is InChI=1S/C17H14FN3O2S/c1-23-13-9-5-2-6-10(13)14(22)15-16(19)21-17(24-15)20-12-8-4-3-7-11(12)18/h2-9H,19H2,1H3,(H,20,21). The molecule has 1 aromatic heterocycles. The van der Waals surface area contributed by atoms with Gasteiger partial charge in [0, 0.05) is 0 Å². The van der Waals surface area contributed by atoms with E-state index in [2.05, 4.69) is 10.3 Å². The van der Waals surface area contributed by atoms with Crippen LogP contribution < -0.4 is 15.8 Å². The molecule has 0 amide bonds. The van der Waals surface area contributed by atoms with Crippen molar-refractivity contribution in [3.05, 3.63) is 64.8 Å². The molecule has 0 atom stereocenters. The number of nitrogens with zero attached hydrogens (tertiary/aromatic N) is 1. The van der Waals surface area contributed by atoms with Gasteiger partial charge in [0.1, 0.15) is 22.3 Å². The lowest BCUT2D eigenvalue weighted by Crippen LogP contribution is -2.04. The summed E-state index contributed by atoms with van der Waals surface area (Å²) in [7, 11) is 1.49. The van der Waals surface area contributed by atoms with Crippen molar-refractivity contribution in [2.45, 2.75) is 0 Å². The lowest BCUT2D eigenvalue weighted by Gasteiger charge is -2.05. The van der Waals surface area contributed by atoms with E-state index in [1.807, 2.05) is 0 Å². The molecule has 0 saturated heterocycles. The number of methoxy groups -OCH3 is 1. The number of halogens is 1. The van der Waals surface area contributed by atoms with Crippen molar-refractivity contribution in [1.29, 1.82) is 0 Å². The number of nitrogens with one attached hydrogen (secondary N) is 1. The van der Waals surface area contributed by atoms with Crippen LogP contribution in [-0.2, 0) is 0 Å². The molecule has 0 aliphatic heterocycles. The predicted octanol–water partition coefficient (Wildman–Crippen LogP) is 3.85. The third-order valence-electron chi connectivity index (χ3n) is 3.33. The molecule has 7 heteroatoms. The van der Waals surface area contributed by atoms with Crippen molar-refractivity contribution in [2.24, 2.45) is 0 Å². The highest BCUT2D eigenvalue weighted by Crippen LogP contribution is 2.32. The molecule has 0 radical (unpaired) electrons. The Labute approximate surface area is 141 Å². The number of carbonyl (C=O) groups excluding carboxylic acids is 1. The maximum atomic E-state index is 13.7. The summed E-state index contributed by atoms with van der Waals surface area (Å²) < 4.78 is 18.9. The van der Waals surface area contributed by atoms with Crippen LogP contribution in [0.15, 0.2) is 48.5 Å². The molecule has 3 aromatic rings. The van der Waals surface area contributed by atoms with Crippen LogP contribution in [0.2, 0.25) is 0 Å². The molecule has 0 unspecified atom stereocenters. The van der Waals surface area contributed by atoms with Gasteiger partial charge in [0.05, 0.1) is 18.4 Å². The van der Waals surface area contributed by atoms with Crippen LogP contribution in [0.25, 0.3) is 0 Å². The first-order chi connectivity index (χ1) is 11.6. The van der Waals surface area contributed by atoms with Gasteiger partial charge in [-0.15, -0.1) is 0 Å². The molecule has 3 rings (SSSR count). The molecule has 0 fully saturated rings. The molecule has 0 aliphatic rings. The molecule has 0 saturated carbocycles. The minimum absolute atomic E-state index is 0.0924. The van der Waals surface area contributed by atoms with Crippen LogP contribution in [0.3, 0.4) is 0 Å². The molecular weight excluding hydrogens is 329 g/mol. The Morgan fingerprint density at radius 2 is 1.92 bits per heavy atom. The minimum Gasteiger partial charge on any atom is -0.496 e. The van der Waals surface area contributed by atoms with Gasteiger partial charge in [0.15, 0.2) is 5.13 Å². The highest BCUT2D eigenvalue weighted by molar-refractivity contribution is 7.18. The van der Waals surface area contributed by atoms with E-state index in [9.17, 15) is 9.18 Å². The van der Waals surface area contributed by atoms with Gasteiger partial charge in [-0.2, -0.15) is 0 Å². The number of ether oxygens (including phenoxy) is 1. The number of rotatable bonds is 5. The fourth-order valence-corrected chi connectivity index (χ4v) is 3.03. The number of aromatic nitrogens is 1. The van der Waals surface area contributed by atoms with Gasteiger partial charge in [-0.1, -0.05) is 35.6 Å². The predicted molar refractivity (Wildman–Crippen MR) is 92.6 cm³/mol. The molecule has 3 N–H and O–H groups in total. The molecule has 0 aliphatic carbocycles. The van der Waals surface area contributed by atoms with Crippen LogP contribution in [0.1, 0.15) is 15.2 Å². The number of ketones is 1. The second-order valence-electron chi connectivity index (χ2n) is 4.87. The molecule has 0 bridgehead atoms. The van der Waals surface area contributed by atoms with Gasteiger partial charge in [-0.05, 0) is 24.3 Å². The second kappa shape index (κ2) is 6.67. The lowest BCUT2D eigenvalue weighted by molar-refractivity contribution is 0.104. The largest absolute Gasteiger partial charge is 0.496 e. The van der Waals surface area contributed by atoms with E-state index < -0.39 is 5.82 Å². The Morgan fingerprint density at radius 3 is 2.67 bits per heavy atom. The number of nitrogens with two attached hydrogens (primary N) is 1. The van der Waals surface area contributed by atoms with Gasteiger partial charge in [0.2, 0.25) is 5.78 Å². The van der Waals surface area contributed by atoms with E-state index in [-0.39, 0.29) is 22.2 Å². The summed E-state index contributed by atoms with van der Waals surface area (Å²) in [5.41, 5.74) is 6.53. The van der Waals surface area contributed by atoms with Crippen LogP contribution >= 0.6 is 11.3 Å². The van der Waals surface area contributed by atoms with Crippen LogP contribution in [0, 0.1) is 5.82 Å². The highest BCUT2D eigenvalue weighted by Gasteiger charge is 2.21.